The van der Waals surface area contributed by atoms with Crippen molar-refractivity contribution in [2.24, 2.45) is 0 Å². The molecule has 1 aliphatic heterocycles. The second-order valence-corrected chi connectivity index (χ2v) is 6.86. The number of ether oxygens (including phenoxy) is 1. The van der Waals surface area contributed by atoms with Gasteiger partial charge in [0, 0.05) is 43.9 Å². The Balaban J connectivity index is 1.66. The van der Waals surface area contributed by atoms with Gasteiger partial charge in [-0.3, -0.25) is 14.8 Å². The Labute approximate surface area is 160 Å². The molecule has 3 rings (SSSR count). The fourth-order valence-electron chi connectivity index (χ4n) is 3.36. The maximum absolute atomic E-state index is 8.77. The van der Waals surface area contributed by atoms with Gasteiger partial charge in [0.05, 0.1) is 31.6 Å². The van der Waals surface area contributed by atoms with Gasteiger partial charge in [0.1, 0.15) is 0 Å². The summed E-state index contributed by atoms with van der Waals surface area (Å²) < 4.78 is 5.38. The first-order valence-electron chi connectivity index (χ1n) is 9.09. The number of hydrogen-bond acceptors (Lipinski definition) is 5. The Bertz CT molecular complexity index is 646. The van der Waals surface area contributed by atoms with Crippen LogP contribution < -0.4 is 0 Å². The molecule has 2 aromatic rings. The molecule has 6 heteroatoms. The van der Waals surface area contributed by atoms with Crippen LogP contribution in [-0.4, -0.2) is 72.4 Å². The lowest BCUT2D eigenvalue weighted by Crippen LogP contribution is -2.48. The summed E-state index contributed by atoms with van der Waals surface area (Å²) in [6.45, 7) is 6.02. The molecule has 1 aromatic carbocycles. The van der Waals surface area contributed by atoms with Crippen LogP contribution in [0.2, 0.25) is 5.02 Å². The number of piperazine rings is 1. The molecule has 1 saturated heterocycles. The van der Waals surface area contributed by atoms with Gasteiger partial charge in [-0.15, -0.1) is 0 Å². The predicted octanol–water partition coefficient (Wildman–Crippen LogP) is 2.45. The van der Waals surface area contributed by atoms with Crippen LogP contribution in [0.3, 0.4) is 0 Å². The van der Waals surface area contributed by atoms with E-state index in [1.54, 1.807) is 0 Å². The van der Waals surface area contributed by atoms with Crippen LogP contribution in [0.4, 0.5) is 0 Å². The molecule has 1 atom stereocenters. The Morgan fingerprint density at radius 1 is 1.04 bits per heavy atom. The van der Waals surface area contributed by atoms with Crippen LogP contribution in [0.15, 0.2) is 48.7 Å². The standard InChI is InChI=1S/C20H26ClN3O2/c21-18-6-4-17(5-7-18)20(19-3-1-2-8-22-19)24-11-9-23(10-12-24)13-15-26-16-14-25/h1-8,20,25H,9-16H2/t20-/m0/s1. The summed E-state index contributed by atoms with van der Waals surface area (Å²) in [5.41, 5.74) is 2.28. The Morgan fingerprint density at radius 2 is 1.81 bits per heavy atom. The van der Waals surface area contributed by atoms with Crippen molar-refractivity contribution in [1.29, 1.82) is 0 Å². The van der Waals surface area contributed by atoms with E-state index in [0.717, 1.165) is 43.4 Å². The van der Waals surface area contributed by atoms with Crippen LogP contribution in [0.1, 0.15) is 17.3 Å². The average Bonchev–Trinajstić information content (AvgIpc) is 2.69. The van der Waals surface area contributed by atoms with E-state index in [9.17, 15) is 0 Å². The molecule has 0 amide bonds. The minimum Gasteiger partial charge on any atom is -0.394 e. The molecule has 1 aromatic heterocycles. The molecule has 2 heterocycles. The molecule has 0 bridgehead atoms. The minimum atomic E-state index is 0.0840. The smallest absolute Gasteiger partial charge is 0.0777 e. The third-order valence-corrected chi connectivity index (χ3v) is 4.97. The van der Waals surface area contributed by atoms with E-state index < -0.39 is 0 Å². The number of benzene rings is 1. The summed E-state index contributed by atoms with van der Waals surface area (Å²) in [4.78, 5) is 9.50. The van der Waals surface area contributed by atoms with Gasteiger partial charge in [-0.25, -0.2) is 0 Å². The molecule has 1 N–H and O–H groups in total. The van der Waals surface area contributed by atoms with E-state index in [-0.39, 0.29) is 12.6 Å². The van der Waals surface area contributed by atoms with Crippen molar-refractivity contribution in [3.8, 4) is 0 Å². The van der Waals surface area contributed by atoms with Crippen LogP contribution in [-0.2, 0) is 4.74 Å². The molecule has 0 aliphatic carbocycles. The van der Waals surface area contributed by atoms with Crippen LogP contribution in [0, 0.1) is 0 Å². The highest BCUT2D eigenvalue weighted by Crippen LogP contribution is 2.29. The third-order valence-electron chi connectivity index (χ3n) is 4.71. The number of pyridine rings is 1. The van der Waals surface area contributed by atoms with Gasteiger partial charge in [-0.2, -0.15) is 0 Å². The molecule has 1 fully saturated rings. The van der Waals surface area contributed by atoms with E-state index in [4.69, 9.17) is 21.4 Å². The fourth-order valence-corrected chi connectivity index (χ4v) is 3.48. The first kappa shape index (κ1) is 19.3. The molecule has 5 nitrogen and oxygen atoms in total. The fraction of sp³-hybridized carbons (Fsp3) is 0.450. The monoisotopic (exact) mass is 375 g/mol. The lowest BCUT2D eigenvalue weighted by atomic mass is 10.0. The maximum Gasteiger partial charge on any atom is 0.0777 e. The lowest BCUT2D eigenvalue weighted by Gasteiger charge is -2.39. The summed E-state index contributed by atoms with van der Waals surface area (Å²) in [6.07, 6.45) is 1.85. The number of nitrogens with zero attached hydrogens (tertiary/aromatic N) is 3. The molecule has 0 spiro atoms. The van der Waals surface area contributed by atoms with Gasteiger partial charge in [-0.05, 0) is 29.8 Å². The summed E-state index contributed by atoms with van der Waals surface area (Å²) in [7, 11) is 0. The van der Waals surface area contributed by atoms with Crippen molar-refractivity contribution < 1.29 is 9.84 Å². The second kappa shape index (κ2) is 10.00. The van der Waals surface area contributed by atoms with Gasteiger partial charge in [0.2, 0.25) is 0 Å². The molecule has 140 valence electrons. The number of halogens is 1. The van der Waals surface area contributed by atoms with Crippen molar-refractivity contribution in [3.63, 3.8) is 0 Å². The van der Waals surface area contributed by atoms with Gasteiger partial charge < -0.3 is 9.84 Å². The molecule has 0 radical (unpaired) electrons. The molecule has 1 aliphatic rings. The van der Waals surface area contributed by atoms with E-state index in [2.05, 4.69) is 33.0 Å². The van der Waals surface area contributed by atoms with Crippen molar-refractivity contribution in [2.45, 2.75) is 6.04 Å². The van der Waals surface area contributed by atoms with Crippen LogP contribution >= 0.6 is 11.6 Å². The quantitative estimate of drug-likeness (QED) is 0.718. The topological polar surface area (TPSA) is 48.8 Å². The van der Waals surface area contributed by atoms with Crippen molar-refractivity contribution >= 4 is 11.6 Å². The van der Waals surface area contributed by atoms with Crippen molar-refractivity contribution in [3.05, 3.63) is 64.9 Å². The molecular weight excluding hydrogens is 350 g/mol. The number of rotatable bonds is 8. The lowest BCUT2D eigenvalue weighted by molar-refractivity contribution is 0.0518. The van der Waals surface area contributed by atoms with E-state index in [0.29, 0.717) is 13.2 Å². The Kier molecular flexibility index (Phi) is 7.41. The SMILES string of the molecule is OCCOCCN1CCN([C@@H](c2ccc(Cl)cc2)c2ccccn2)CC1. The third kappa shape index (κ3) is 5.25. The summed E-state index contributed by atoms with van der Waals surface area (Å²) >= 11 is 6.07. The highest BCUT2D eigenvalue weighted by molar-refractivity contribution is 6.30. The zero-order valence-corrected chi connectivity index (χ0v) is 15.7. The number of aromatic nitrogens is 1. The van der Waals surface area contributed by atoms with Crippen LogP contribution in [0.25, 0.3) is 0 Å². The molecule has 0 saturated carbocycles. The van der Waals surface area contributed by atoms with Crippen molar-refractivity contribution in [2.75, 3.05) is 52.5 Å². The molecule has 0 unspecified atom stereocenters. The number of aliphatic hydroxyl groups is 1. The largest absolute Gasteiger partial charge is 0.394 e. The van der Waals surface area contributed by atoms with Gasteiger partial charge in [-0.1, -0.05) is 29.8 Å². The maximum atomic E-state index is 8.77. The van der Waals surface area contributed by atoms with Gasteiger partial charge >= 0.3 is 0 Å². The second-order valence-electron chi connectivity index (χ2n) is 6.42. The number of aliphatic hydroxyl groups excluding tert-OH is 1. The Morgan fingerprint density at radius 3 is 2.46 bits per heavy atom. The van der Waals surface area contributed by atoms with E-state index >= 15 is 0 Å². The Hall–Kier alpha value is -1.50. The zero-order chi connectivity index (χ0) is 18.2. The summed E-state index contributed by atoms with van der Waals surface area (Å²) in [6, 6.07) is 14.3. The van der Waals surface area contributed by atoms with Crippen molar-refractivity contribution in [1.82, 2.24) is 14.8 Å². The van der Waals surface area contributed by atoms with Gasteiger partial charge in [0.25, 0.3) is 0 Å². The predicted molar refractivity (Wildman–Crippen MR) is 103 cm³/mol. The van der Waals surface area contributed by atoms with E-state index in [1.165, 1.54) is 5.56 Å². The minimum absolute atomic E-state index is 0.0840. The van der Waals surface area contributed by atoms with Crippen LogP contribution in [0.5, 0.6) is 0 Å². The molecule has 26 heavy (non-hydrogen) atoms. The number of hydrogen-bond donors (Lipinski definition) is 1. The first-order valence-corrected chi connectivity index (χ1v) is 9.47. The van der Waals surface area contributed by atoms with Gasteiger partial charge in [0.15, 0.2) is 0 Å². The van der Waals surface area contributed by atoms with E-state index in [1.807, 2.05) is 30.5 Å². The highest BCUT2D eigenvalue weighted by atomic mass is 35.5. The zero-order valence-electron chi connectivity index (χ0n) is 14.9. The first-order chi connectivity index (χ1) is 12.8. The summed E-state index contributed by atoms with van der Waals surface area (Å²) in [5, 5.41) is 9.52. The molecular formula is C20H26ClN3O2. The average molecular weight is 376 g/mol. The normalized spacial score (nSPS) is 17.3. The highest BCUT2D eigenvalue weighted by Gasteiger charge is 2.27. The summed E-state index contributed by atoms with van der Waals surface area (Å²) in [5.74, 6) is 0.